The highest BCUT2D eigenvalue weighted by molar-refractivity contribution is 6.61. The monoisotopic (exact) mass is 164 g/mol. The average Bonchev–Trinajstić information content (AvgIpc) is 1.60. The zero-order chi connectivity index (χ0) is 8.36. The molecule has 0 aromatic rings. The van der Waals surface area contributed by atoms with Crippen LogP contribution in [0.3, 0.4) is 0 Å². The second kappa shape index (κ2) is 3.24. The van der Waals surface area contributed by atoms with Crippen LogP contribution in [0.4, 0.5) is 4.79 Å². The quantitative estimate of drug-likeness (QED) is 0.587. The fourth-order valence-corrected chi connectivity index (χ4v) is 0.524. The topological polar surface area (TPSA) is 26.3 Å². The van der Waals surface area contributed by atoms with E-state index in [-0.39, 0.29) is 5.92 Å². The fourth-order valence-electron chi connectivity index (χ4n) is 0.325. The van der Waals surface area contributed by atoms with Crippen LogP contribution >= 0.6 is 11.6 Å². The predicted octanol–water partition coefficient (Wildman–Crippen LogP) is 2.80. The normalized spacial score (nSPS) is 11.8. The van der Waals surface area contributed by atoms with Crippen LogP contribution in [0.2, 0.25) is 0 Å². The largest absolute Gasteiger partial charge is 0.447 e. The maximum Gasteiger partial charge on any atom is 0.404 e. The summed E-state index contributed by atoms with van der Waals surface area (Å²) in [7, 11) is 0. The number of rotatable bonds is 2. The van der Waals surface area contributed by atoms with Crippen molar-refractivity contribution in [2.24, 2.45) is 5.92 Å². The van der Waals surface area contributed by atoms with Crippen molar-refractivity contribution in [1.82, 2.24) is 0 Å². The Morgan fingerprint density at radius 3 is 2.00 bits per heavy atom. The molecule has 0 saturated carbocycles. The van der Waals surface area contributed by atoms with E-state index in [1.54, 1.807) is 0 Å². The van der Waals surface area contributed by atoms with Crippen LogP contribution in [0, 0.1) is 5.92 Å². The molecule has 0 spiro atoms. The maximum atomic E-state index is 10.3. The zero-order valence-electron chi connectivity index (χ0n) is 6.77. The molecular formula is C7H13ClO2. The number of ether oxygens (including phenoxy) is 1. The predicted molar refractivity (Wildman–Crippen MR) is 41.3 cm³/mol. The van der Waals surface area contributed by atoms with Gasteiger partial charge in [0, 0.05) is 11.6 Å². The van der Waals surface area contributed by atoms with Gasteiger partial charge in [0.2, 0.25) is 0 Å². The van der Waals surface area contributed by atoms with Crippen molar-refractivity contribution < 1.29 is 9.53 Å². The lowest BCUT2D eigenvalue weighted by Gasteiger charge is -2.27. The number of carbonyl (C=O) groups is 1. The summed E-state index contributed by atoms with van der Waals surface area (Å²) in [5.41, 5.74) is -1.20. The highest BCUT2D eigenvalue weighted by Gasteiger charge is 2.25. The average molecular weight is 165 g/mol. The fraction of sp³-hybridized carbons (Fsp3) is 0.857. The molecule has 0 aromatic heterocycles. The van der Waals surface area contributed by atoms with Gasteiger partial charge >= 0.3 is 5.43 Å². The maximum absolute atomic E-state index is 10.3. The van der Waals surface area contributed by atoms with Gasteiger partial charge in [-0.1, -0.05) is 13.8 Å². The Morgan fingerprint density at radius 2 is 1.90 bits per heavy atom. The third-order valence-corrected chi connectivity index (χ3v) is 1.81. The van der Waals surface area contributed by atoms with E-state index in [0.29, 0.717) is 0 Å². The number of halogens is 1. The highest BCUT2D eigenvalue weighted by atomic mass is 35.5. The van der Waals surface area contributed by atoms with Crippen molar-refractivity contribution in [3.63, 3.8) is 0 Å². The van der Waals surface area contributed by atoms with Crippen molar-refractivity contribution in [1.29, 1.82) is 0 Å². The van der Waals surface area contributed by atoms with Crippen LogP contribution in [-0.4, -0.2) is 11.0 Å². The van der Waals surface area contributed by atoms with Gasteiger partial charge < -0.3 is 4.74 Å². The molecule has 0 N–H and O–H groups in total. The first-order valence-electron chi connectivity index (χ1n) is 3.24. The Morgan fingerprint density at radius 1 is 1.50 bits per heavy atom. The molecule has 60 valence electrons. The molecule has 0 aliphatic heterocycles. The van der Waals surface area contributed by atoms with Gasteiger partial charge in [0.25, 0.3) is 0 Å². The standard InChI is InChI=1S/C7H13ClO2/c1-5(2)7(3,4)10-6(8)9/h5H,1-4H3. The van der Waals surface area contributed by atoms with Crippen LogP contribution < -0.4 is 0 Å². The summed E-state index contributed by atoms with van der Waals surface area (Å²) in [5.74, 6) is 0.273. The Bertz CT molecular complexity index is 130. The molecule has 0 aromatic carbocycles. The molecule has 0 fully saturated rings. The van der Waals surface area contributed by atoms with Crippen molar-refractivity contribution >= 4 is 17.0 Å². The van der Waals surface area contributed by atoms with Gasteiger partial charge in [-0.15, -0.1) is 0 Å². The Hall–Kier alpha value is -0.240. The molecule has 0 heterocycles. The van der Waals surface area contributed by atoms with Crippen LogP contribution in [0.15, 0.2) is 0 Å². The minimum atomic E-state index is -0.737. The van der Waals surface area contributed by atoms with Gasteiger partial charge in [-0.05, 0) is 19.8 Å². The molecule has 0 atom stereocenters. The van der Waals surface area contributed by atoms with E-state index in [0.717, 1.165) is 0 Å². The lowest BCUT2D eigenvalue weighted by Crippen LogP contribution is -2.31. The van der Waals surface area contributed by atoms with Crippen molar-refractivity contribution in [2.45, 2.75) is 33.3 Å². The van der Waals surface area contributed by atoms with Gasteiger partial charge in [0.1, 0.15) is 5.60 Å². The van der Waals surface area contributed by atoms with E-state index in [1.165, 1.54) is 0 Å². The Labute approximate surface area is 66.5 Å². The first-order valence-corrected chi connectivity index (χ1v) is 3.62. The van der Waals surface area contributed by atoms with Crippen LogP contribution in [-0.2, 0) is 4.74 Å². The molecular weight excluding hydrogens is 152 g/mol. The third-order valence-electron chi connectivity index (χ3n) is 1.73. The molecule has 10 heavy (non-hydrogen) atoms. The van der Waals surface area contributed by atoms with E-state index in [9.17, 15) is 4.79 Å². The first kappa shape index (κ1) is 9.76. The SMILES string of the molecule is CC(C)C(C)(C)OC(=O)Cl. The van der Waals surface area contributed by atoms with E-state index in [1.807, 2.05) is 27.7 Å². The molecule has 0 aliphatic rings. The lowest BCUT2D eigenvalue weighted by molar-refractivity contribution is 0.0202. The third kappa shape index (κ3) is 3.06. The van der Waals surface area contributed by atoms with E-state index in [2.05, 4.69) is 0 Å². The summed E-state index contributed by atoms with van der Waals surface area (Å²) >= 11 is 5.05. The van der Waals surface area contributed by atoms with Crippen molar-refractivity contribution in [3.05, 3.63) is 0 Å². The number of carbonyl (C=O) groups excluding carboxylic acids is 1. The van der Waals surface area contributed by atoms with Crippen molar-refractivity contribution in [3.8, 4) is 0 Å². The highest BCUT2D eigenvalue weighted by Crippen LogP contribution is 2.21. The summed E-state index contributed by atoms with van der Waals surface area (Å²) < 4.78 is 4.83. The van der Waals surface area contributed by atoms with Gasteiger partial charge in [0.05, 0.1) is 0 Å². The molecule has 3 heteroatoms. The van der Waals surface area contributed by atoms with Gasteiger partial charge in [-0.3, -0.25) is 0 Å². The lowest BCUT2D eigenvalue weighted by atomic mass is 9.95. The number of hydrogen-bond acceptors (Lipinski definition) is 2. The summed E-state index contributed by atoms with van der Waals surface area (Å²) in [6, 6.07) is 0. The van der Waals surface area contributed by atoms with Crippen LogP contribution in [0.5, 0.6) is 0 Å². The molecule has 0 saturated heterocycles. The number of hydrogen-bond donors (Lipinski definition) is 0. The Balaban J connectivity index is 3.99. The zero-order valence-corrected chi connectivity index (χ0v) is 7.53. The van der Waals surface area contributed by atoms with E-state index >= 15 is 0 Å². The Kier molecular flexibility index (Phi) is 3.16. The second-order valence-corrected chi connectivity index (χ2v) is 3.41. The van der Waals surface area contributed by atoms with Crippen LogP contribution in [0.1, 0.15) is 27.7 Å². The first-order chi connectivity index (χ1) is 4.36. The molecule has 0 aliphatic carbocycles. The summed E-state index contributed by atoms with van der Waals surface area (Å²) in [5, 5.41) is 0. The smallest absolute Gasteiger partial charge is 0.404 e. The van der Waals surface area contributed by atoms with Gasteiger partial charge in [0.15, 0.2) is 0 Å². The van der Waals surface area contributed by atoms with Gasteiger partial charge in [-0.25, -0.2) is 4.79 Å². The van der Waals surface area contributed by atoms with Gasteiger partial charge in [-0.2, -0.15) is 0 Å². The second-order valence-electron chi connectivity index (χ2n) is 3.10. The summed E-state index contributed by atoms with van der Waals surface area (Å²) in [4.78, 5) is 10.3. The molecule has 0 unspecified atom stereocenters. The minimum absolute atomic E-state index is 0.273. The van der Waals surface area contributed by atoms with E-state index < -0.39 is 11.0 Å². The van der Waals surface area contributed by atoms with Crippen molar-refractivity contribution in [2.75, 3.05) is 0 Å². The summed E-state index contributed by atoms with van der Waals surface area (Å²) in [6.45, 7) is 7.61. The van der Waals surface area contributed by atoms with E-state index in [4.69, 9.17) is 16.3 Å². The summed E-state index contributed by atoms with van der Waals surface area (Å²) in [6.07, 6.45) is 0. The molecule has 0 radical (unpaired) electrons. The molecule has 0 rings (SSSR count). The molecule has 0 amide bonds. The van der Waals surface area contributed by atoms with Crippen LogP contribution in [0.25, 0.3) is 0 Å². The molecule has 0 bridgehead atoms. The minimum Gasteiger partial charge on any atom is -0.447 e. The molecule has 2 nitrogen and oxygen atoms in total.